The Kier molecular flexibility index (Phi) is 6.09. The molecular formula is C29H32N2O3S. The predicted molar refractivity (Wildman–Crippen MR) is 142 cm³/mol. The van der Waals surface area contributed by atoms with Gasteiger partial charge in [-0.3, -0.25) is 4.72 Å². The van der Waals surface area contributed by atoms with Crippen molar-refractivity contribution < 1.29 is 13.2 Å². The number of hydrogen-bond acceptors (Lipinski definition) is 4. The standard InChI is InChI=1S/C29H32N2O3S/c1-18(2)34-23-10-8-21(9-11-23)29-26-7-5-6-25(26)27-17-24(12-13-28(27)30-29)35(32,33)31-22-15-19(3)14-20(4)16-22/h5-6,8-18,25-26,29-31H,7H2,1-4H3/t25-,26+,29+/m0/s1. The second-order valence-electron chi connectivity index (χ2n) is 9.94. The Morgan fingerprint density at radius 2 is 1.69 bits per heavy atom. The van der Waals surface area contributed by atoms with Crippen LogP contribution in [0.25, 0.3) is 0 Å². The van der Waals surface area contributed by atoms with Crippen LogP contribution in [0.4, 0.5) is 11.4 Å². The number of hydrogen-bond donors (Lipinski definition) is 2. The van der Waals surface area contributed by atoms with E-state index >= 15 is 0 Å². The first kappa shape index (κ1) is 23.5. The highest BCUT2D eigenvalue weighted by atomic mass is 32.2. The minimum Gasteiger partial charge on any atom is -0.491 e. The topological polar surface area (TPSA) is 67.4 Å². The number of anilines is 2. The molecule has 0 bridgehead atoms. The number of rotatable bonds is 6. The summed E-state index contributed by atoms with van der Waals surface area (Å²) >= 11 is 0. The average Bonchev–Trinajstić information content (AvgIpc) is 3.28. The summed E-state index contributed by atoms with van der Waals surface area (Å²) in [4.78, 5) is 0.282. The number of allylic oxidation sites excluding steroid dienone is 2. The van der Waals surface area contributed by atoms with Crippen LogP contribution in [0, 0.1) is 19.8 Å². The van der Waals surface area contributed by atoms with Gasteiger partial charge in [-0.25, -0.2) is 8.42 Å². The van der Waals surface area contributed by atoms with Gasteiger partial charge < -0.3 is 10.1 Å². The highest BCUT2D eigenvalue weighted by Crippen LogP contribution is 2.50. The third-order valence-corrected chi connectivity index (χ3v) is 8.11. The summed E-state index contributed by atoms with van der Waals surface area (Å²) in [6.07, 6.45) is 5.52. The fraction of sp³-hybridized carbons (Fsp3) is 0.310. The first-order valence-electron chi connectivity index (χ1n) is 12.1. The van der Waals surface area contributed by atoms with Crippen molar-refractivity contribution in [2.75, 3.05) is 10.0 Å². The fourth-order valence-corrected chi connectivity index (χ4v) is 6.42. The van der Waals surface area contributed by atoms with Crippen LogP contribution < -0.4 is 14.8 Å². The molecule has 0 radical (unpaired) electrons. The molecule has 0 unspecified atom stereocenters. The van der Waals surface area contributed by atoms with E-state index in [9.17, 15) is 8.42 Å². The Hall–Kier alpha value is -3.25. The quantitative estimate of drug-likeness (QED) is 0.378. The molecule has 35 heavy (non-hydrogen) atoms. The summed E-state index contributed by atoms with van der Waals surface area (Å²) in [6.45, 7) is 7.97. The second kappa shape index (κ2) is 9.08. The zero-order valence-corrected chi connectivity index (χ0v) is 21.4. The van der Waals surface area contributed by atoms with E-state index in [0.29, 0.717) is 11.6 Å². The van der Waals surface area contributed by atoms with Crippen molar-refractivity contribution in [3.05, 3.63) is 95.1 Å². The number of ether oxygens (including phenoxy) is 1. The van der Waals surface area contributed by atoms with Crippen LogP contribution in [0.1, 0.15) is 54.5 Å². The van der Waals surface area contributed by atoms with Crippen molar-refractivity contribution in [2.24, 2.45) is 5.92 Å². The van der Waals surface area contributed by atoms with Gasteiger partial charge in [0.05, 0.1) is 17.0 Å². The van der Waals surface area contributed by atoms with E-state index in [2.05, 4.69) is 34.3 Å². The minimum absolute atomic E-state index is 0.138. The predicted octanol–water partition coefficient (Wildman–Crippen LogP) is 6.72. The lowest BCUT2D eigenvalue weighted by Gasteiger charge is -2.37. The van der Waals surface area contributed by atoms with E-state index in [1.54, 1.807) is 6.07 Å². The van der Waals surface area contributed by atoms with Crippen molar-refractivity contribution in [2.45, 2.75) is 57.1 Å². The highest BCUT2D eigenvalue weighted by molar-refractivity contribution is 7.92. The largest absolute Gasteiger partial charge is 0.491 e. The molecule has 3 atom stereocenters. The van der Waals surface area contributed by atoms with Gasteiger partial charge in [0, 0.05) is 17.3 Å². The minimum atomic E-state index is -3.71. The summed E-state index contributed by atoms with van der Waals surface area (Å²) in [5.41, 5.74) is 5.84. The maximum Gasteiger partial charge on any atom is 0.261 e. The molecule has 182 valence electrons. The lowest BCUT2D eigenvalue weighted by molar-refractivity contribution is 0.242. The van der Waals surface area contributed by atoms with Gasteiger partial charge in [0.15, 0.2) is 0 Å². The SMILES string of the molecule is Cc1cc(C)cc(NS(=O)(=O)c2ccc3c(c2)[C@H]2C=CC[C@H]2[C@@H](c2ccc(OC(C)C)cc2)N3)c1. The molecule has 0 fully saturated rings. The van der Waals surface area contributed by atoms with Crippen molar-refractivity contribution in [3.8, 4) is 5.75 Å². The Morgan fingerprint density at radius 1 is 0.971 bits per heavy atom. The maximum absolute atomic E-state index is 13.2. The molecule has 0 saturated heterocycles. The first-order chi connectivity index (χ1) is 16.7. The molecule has 3 aromatic rings. The Labute approximate surface area is 208 Å². The van der Waals surface area contributed by atoms with Crippen LogP contribution in [-0.4, -0.2) is 14.5 Å². The summed E-state index contributed by atoms with van der Waals surface area (Å²) < 4.78 is 35.0. The third-order valence-electron chi connectivity index (χ3n) is 6.73. The van der Waals surface area contributed by atoms with Gasteiger partial charge >= 0.3 is 0 Å². The van der Waals surface area contributed by atoms with Crippen LogP contribution in [0.3, 0.4) is 0 Å². The zero-order valence-electron chi connectivity index (χ0n) is 20.6. The fourth-order valence-electron chi connectivity index (χ4n) is 5.34. The van der Waals surface area contributed by atoms with E-state index in [0.717, 1.165) is 34.5 Å². The highest BCUT2D eigenvalue weighted by Gasteiger charge is 2.38. The molecule has 1 aliphatic carbocycles. The van der Waals surface area contributed by atoms with Gasteiger partial charge in [0.2, 0.25) is 0 Å². The molecule has 2 N–H and O–H groups in total. The van der Waals surface area contributed by atoms with Gasteiger partial charge in [0.25, 0.3) is 10.0 Å². The van der Waals surface area contributed by atoms with Crippen LogP contribution in [0.15, 0.2) is 77.7 Å². The van der Waals surface area contributed by atoms with Crippen LogP contribution in [-0.2, 0) is 10.0 Å². The molecule has 1 heterocycles. The van der Waals surface area contributed by atoms with E-state index < -0.39 is 10.0 Å². The van der Waals surface area contributed by atoms with E-state index in [1.165, 1.54) is 5.56 Å². The molecule has 5 rings (SSSR count). The van der Waals surface area contributed by atoms with E-state index in [1.807, 2.05) is 70.2 Å². The summed E-state index contributed by atoms with van der Waals surface area (Å²) in [5.74, 6) is 1.36. The summed E-state index contributed by atoms with van der Waals surface area (Å²) in [6, 6.07) is 19.6. The summed E-state index contributed by atoms with van der Waals surface area (Å²) in [7, 11) is -3.71. The van der Waals surface area contributed by atoms with Gasteiger partial charge in [-0.1, -0.05) is 30.4 Å². The van der Waals surface area contributed by atoms with Gasteiger partial charge in [-0.05, 0) is 105 Å². The molecule has 3 aromatic carbocycles. The number of benzene rings is 3. The number of nitrogens with one attached hydrogen (secondary N) is 2. The van der Waals surface area contributed by atoms with Crippen molar-refractivity contribution in [3.63, 3.8) is 0 Å². The molecule has 2 aliphatic rings. The Bertz CT molecular complexity index is 1360. The van der Waals surface area contributed by atoms with Gasteiger partial charge in [0.1, 0.15) is 5.75 Å². The maximum atomic E-state index is 13.2. The van der Waals surface area contributed by atoms with Crippen LogP contribution in [0.2, 0.25) is 0 Å². The lowest BCUT2D eigenvalue weighted by Crippen LogP contribution is -2.29. The third kappa shape index (κ3) is 4.80. The van der Waals surface area contributed by atoms with Crippen molar-refractivity contribution in [1.82, 2.24) is 0 Å². The first-order valence-corrected chi connectivity index (χ1v) is 13.6. The molecule has 0 saturated carbocycles. The van der Waals surface area contributed by atoms with E-state index in [-0.39, 0.29) is 23.0 Å². The van der Waals surface area contributed by atoms with Gasteiger partial charge in [-0.2, -0.15) is 0 Å². The molecule has 0 aromatic heterocycles. The normalized spacial score (nSPS) is 20.8. The van der Waals surface area contributed by atoms with E-state index in [4.69, 9.17) is 4.74 Å². The van der Waals surface area contributed by atoms with Crippen molar-refractivity contribution in [1.29, 1.82) is 0 Å². The average molecular weight is 489 g/mol. The Morgan fingerprint density at radius 3 is 2.37 bits per heavy atom. The van der Waals surface area contributed by atoms with Gasteiger partial charge in [-0.15, -0.1) is 0 Å². The molecule has 1 aliphatic heterocycles. The zero-order chi connectivity index (χ0) is 24.7. The lowest BCUT2D eigenvalue weighted by atomic mass is 9.77. The number of fused-ring (bicyclic) bond motifs is 3. The molecule has 0 amide bonds. The molecule has 6 heteroatoms. The molecule has 5 nitrogen and oxygen atoms in total. The smallest absolute Gasteiger partial charge is 0.261 e. The summed E-state index contributed by atoms with van der Waals surface area (Å²) in [5, 5.41) is 3.69. The Balaban J connectivity index is 1.43. The van der Waals surface area contributed by atoms with Crippen LogP contribution >= 0.6 is 0 Å². The van der Waals surface area contributed by atoms with Crippen molar-refractivity contribution >= 4 is 21.4 Å². The number of aryl methyl sites for hydroxylation is 2. The monoisotopic (exact) mass is 488 g/mol. The molecule has 0 spiro atoms. The second-order valence-corrected chi connectivity index (χ2v) is 11.6. The number of sulfonamides is 1. The molecular weight excluding hydrogens is 456 g/mol. The van der Waals surface area contributed by atoms with Crippen LogP contribution in [0.5, 0.6) is 5.75 Å².